The van der Waals surface area contributed by atoms with Crippen molar-refractivity contribution in [3.05, 3.63) is 36.3 Å². The van der Waals surface area contributed by atoms with Gasteiger partial charge in [-0.05, 0) is 50.4 Å². The Hall–Kier alpha value is -2.48. The summed E-state index contributed by atoms with van der Waals surface area (Å²) in [5.41, 5.74) is 0.493. The maximum atomic E-state index is 12.6. The summed E-state index contributed by atoms with van der Waals surface area (Å²) in [6.45, 7) is 3.67. The van der Waals surface area contributed by atoms with Crippen LogP contribution in [0.15, 0.2) is 30.6 Å². The van der Waals surface area contributed by atoms with E-state index in [-0.39, 0.29) is 11.9 Å². The molecule has 2 aromatic rings. The zero-order chi connectivity index (χ0) is 17.8. The van der Waals surface area contributed by atoms with Crippen LogP contribution in [0, 0.1) is 0 Å². The third kappa shape index (κ3) is 3.85. The predicted molar refractivity (Wildman–Crippen MR) is 98.1 cm³/mol. The molecule has 2 aliphatic heterocycles. The monoisotopic (exact) mass is 355 g/mol. The number of carbonyl (C=O) groups is 1. The fourth-order valence-electron chi connectivity index (χ4n) is 3.75. The highest BCUT2D eigenvalue weighted by Crippen LogP contribution is 2.18. The summed E-state index contributed by atoms with van der Waals surface area (Å²) >= 11 is 0. The summed E-state index contributed by atoms with van der Waals surface area (Å²) in [7, 11) is 0. The van der Waals surface area contributed by atoms with Crippen molar-refractivity contribution in [1.29, 1.82) is 0 Å². The molecule has 1 amide bonds. The van der Waals surface area contributed by atoms with E-state index in [1.165, 1.54) is 0 Å². The summed E-state index contributed by atoms with van der Waals surface area (Å²) in [4.78, 5) is 14.8. The molecule has 0 radical (unpaired) electrons. The van der Waals surface area contributed by atoms with Crippen LogP contribution in [0.3, 0.4) is 0 Å². The summed E-state index contributed by atoms with van der Waals surface area (Å²) < 4.78 is 1.92. The molecular formula is C18H25N7O. The smallest absolute Gasteiger partial charge is 0.272 e. The first-order chi connectivity index (χ1) is 12.8. The van der Waals surface area contributed by atoms with E-state index >= 15 is 0 Å². The van der Waals surface area contributed by atoms with E-state index in [9.17, 15) is 4.79 Å². The Kier molecular flexibility index (Phi) is 5.10. The lowest BCUT2D eigenvalue weighted by Gasteiger charge is -2.33. The van der Waals surface area contributed by atoms with E-state index in [1.54, 1.807) is 6.20 Å². The topological polar surface area (TPSA) is 88.0 Å². The average molecular weight is 355 g/mol. The Morgan fingerprint density at radius 2 is 2.23 bits per heavy atom. The van der Waals surface area contributed by atoms with Crippen molar-refractivity contribution in [3.8, 4) is 0 Å². The molecule has 138 valence electrons. The van der Waals surface area contributed by atoms with Crippen LogP contribution in [0.1, 0.15) is 42.2 Å². The molecule has 2 unspecified atom stereocenters. The van der Waals surface area contributed by atoms with Gasteiger partial charge in [0, 0.05) is 38.1 Å². The van der Waals surface area contributed by atoms with E-state index in [4.69, 9.17) is 0 Å². The van der Waals surface area contributed by atoms with Crippen LogP contribution in [-0.4, -0.2) is 58.1 Å². The van der Waals surface area contributed by atoms with Gasteiger partial charge in [0.1, 0.15) is 5.69 Å². The molecule has 8 heteroatoms. The van der Waals surface area contributed by atoms with Gasteiger partial charge >= 0.3 is 0 Å². The lowest BCUT2D eigenvalue weighted by molar-refractivity contribution is 0.0926. The number of carbonyl (C=O) groups excluding carboxylic acids is 1. The van der Waals surface area contributed by atoms with Gasteiger partial charge in [0.05, 0.1) is 6.04 Å². The number of aromatic nitrogens is 4. The first kappa shape index (κ1) is 17.0. The van der Waals surface area contributed by atoms with Crippen LogP contribution in [-0.2, 0) is 0 Å². The van der Waals surface area contributed by atoms with Gasteiger partial charge in [-0.15, -0.1) is 5.10 Å². The fourth-order valence-corrected chi connectivity index (χ4v) is 3.75. The van der Waals surface area contributed by atoms with Crippen molar-refractivity contribution in [3.63, 3.8) is 0 Å². The van der Waals surface area contributed by atoms with Crippen LogP contribution in [0.5, 0.6) is 0 Å². The second kappa shape index (κ2) is 7.82. The minimum atomic E-state index is -0.0986. The average Bonchev–Trinajstić information content (AvgIpc) is 3.20. The van der Waals surface area contributed by atoms with Crippen LogP contribution in [0.25, 0.3) is 0 Å². The van der Waals surface area contributed by atoms with Crippen molar-refractivity contribution in [2.75, 3.05) is 31.1 Å². The van der Waals surface area contributed by atoms with Crippen molar-refractivity contribution < 1.29 is 4.79 Å². The third-order valence-corrected chi connectivity index (χ3v) is 5.12. The number of hydrogen-bond donors (Lipinski definition) is 2. The van der Waals surface area contributed by atoms with E-state index in [0.29, 0.717) is 11.7 Å². The normalized spacial score (nSPS) is 23.6. The number of piperidine rings is 2. The maximum absolute atomic E-state index is 12.6. The largest absolute Gasteiger partial charge is 0.353 e. The molecule has 0 bridgehead atoms. The molecule has 0 aromatic carbocycles. The fraction of sp³-hybridized carbons (Fsp3) is 0.556. The van der Waals surface area contributed by atoms with Crippen molar-refractivity contribution in [1.82, 2.24) is 30.6 Å². The van der Waals surface area contributed by atoms with Crippen LogP contribution < -0.4 is 15.5 Å². The molecule has 8 nitrogen and oxygen atoms in total. The van der Waals surface area contributed by atoms with Gasteiger partial charge in [-0.3, -0.25) is 9.48 Å². The van der Waals surface area contributed by atoms with E-state index < -0.39 is 0 Å². The number of nitrogens with one attached hydrogen (secondary N) is 2. The number of rotatable bonds is 4. The lowest BCUT2D eigenvalue weighted by Crippen LogP contribution is -2.48. The molecular weight excluding hydrogens is 330 g/mol. The number of anilines is 1. The molecule has 4 rings (SSSR count). The third-order valence-electron chi connectivity index (χ3n) is 5.12. The van der Waals surface area contributed by atoms with Gasteiger partial charge in [-0.2, -0.15) is 10.2 Å². The summed E-state index contributed by atoms with van der Waals surface area (Å²) in [5, 5.41) is 19.1. The lowest BCUT2D eigenvalue weighted by atomic mass is 10.1. The molecule has 2 aliphatic rings. The van der Waals surface area contributed by atoms with E-state index in [2.05, 4.69) is 30.8 Å². The quantitative estimate of drug-likeness (QED) is 0.851. The molecule has 2 N–H and O–H groups in total. The predicted octanol–water partition coefficient (Wildman–Crippen LogP) is 0.996. The van der Waals surface area contributed by atoms with Crippen molar-refractivity contribution in [2.24, 2.45) is 0 Å². The minimum absolute atomic E-state index is 0.0970. The second-order valence-corrected chi connectivity index (χ2v) is 7.02. The Morgan fingerprint density at radius 3 is 3.04 bits per heavy atom. The van der Waals surface area contributed by atoms with Crippen LogP contribution in [0.2, 0.25) is 0 Å². The number of nitrogens with zero attached hydrogens (tertiary/aromatic N) is 5. The van der Waals surface area contributed by atoms with Gasteiger partial charge in [-0.1, -0.05) is 0 Å². The second-order valence-electron chi connectivity index (χ2n) is 7.02. The summed E-state index contributed by atoms with van der Waals surface area (Å²) in [6, 6.07) is 6.09. The highest BCUT2D eigenvalue weighted by Gasteiger charge is 2.24. The minimum Gasteiger partial charge on any atom is -0.353 e. The van der Waals surface area contributed by atoms with Gasteiger partial charge in [0.25, 0.3) is 5.91 Å². The molecule has 4 heterocycles. The molecule has 26 heavy (non-hydrogen) atoms. The molecule has 2 saturated heterocycles. The number of amides is 1. The Balaban J connectivity index is 1.36. The van der Waals surface area contributed by atoms with E-state index in [1.807, 2.05) is 29.1 Å². The summed E-state index contributed by atoms with van der Waals surface area (Å²) in [5.74, 6) is 0.763. The maximum Gasteiger partial charge on any atom is 0.272 e. The Morgan fingerprint density at radius 1 is 1.27 bits per heavy atom. The van der Waals surface area contributed by atoms with Gasteiger partial charge < -0.3 is 15.5 Å². The van der Waals surface area contributed by atoms with Gasteiger partial charge in [-0.25, -0.2) is 0 Å². The standard InChI is InChI=1S/C18H25N7O/c26-18(16-7-11-25(23-16)15-5-1-8-19-12-15)21-14-4-3-10-24(13-14)17-6-2-9-20-22-17/h2,6-7,9,11,14-15,19H,1,3-5,8,10,12-13H2,(H,21,26). The summed E-state index contributed by atoms with van der Waals surface area (Å²) in [6.07, 6.45) is 7.82. The van der Waals surface area contributed by atoms with E-state index in [0.717, 1.165) is 57.7 Å². The van der Waals surface area contributed by atoms with Gasteiger partial charge in [0.15, 0.2) is 5.82 Å². The van der Waals surface area contributed by atoms with Crippen molar-refractivity contribution in [2.45, 2.75) is 37.8 Å². The zero-order valence-electron chi connectivity index (χ0n) is 14.8. The molecule has 0 saturated carbocycles. The van der Waals surface area contributed by atoms with Crippen LogP contribution in [0.4, 0.5) is 5.82 Å². The highest BCUT2D eigenvalue weighted by molar-refractivity contribution is 5.92. The molecule has 0 spiro atoms. The first-order valence-electron chi connectivity index (χ1n) is 9.39. The molecule has 2 atom stereocenters. The number of hydrogen-bond acceptors (Lipinski definition) is 6. The Labute approximate surface area is 153 Å². The highest BCUT2D eigenvalue weighted by atomic mass is 16.2. The Bertz CT molecular complexity index is 726. The molecule has 0 aliphatic carbocycles. The first-order valence-corrected chi connectivity index (χ1v) is 9.39. The SMILES string of the molecule is O=C(NC1CCCN(c2cccnn2)C1)c1ccn(C2CCCNC2)n1. The molecule has 2 aromatic heterocycles. The molecule has 2 fully saturated rings. The van der Waals surface area contributed by atoms with Crippen LogP contribution >= 0.6 is 0 Å². The zero-order valence-corrected chi connectivity index (χ0v) is 14.8. The van der Waals surface area contributed by atoms with Crippen molar-refractivity contribution >= 4 is 11.7 Å². The van der Waals surface area contributed by atoms with Gasteiger partial charge in [0.2, 0.25) is 0 Å².